The summed E-state index contributed by atoms with van der Waals surface area (Å²) in [5, 5.41) is 0.531. The molecule has 4 atom stereocenters. The van der Waals surface area contributed by atoms with Gasteiger partial charge in [-0.2, -0.15) is 0 Å². The summed E-state index contributed by atoms with van der Waals surface area (Å²) in [6.45, 7) is 1.95. The molecule has 2 saturated heterocycles. The topological polar surface area (TPSA) is 57.7 Å². The molecule has 35 heavy (non-hydrogen) atoms. The van der Waals surface area contributed by atoms with Crippen molar-refractivity contribution >= 4 is 62.6 Å². The predicted octanol–water partition coefficient (Wildman–Crippen LogP) is 5.68. The van der Waals surface area contributed by atoms with Gasteiger partial charge in [0.2, 0.25) is 11.8 Å². The first-order valence-electron chi connectivity index (χ1n) is 11.4. The molecule has 3 aromatic rings. The van der Waals surface area contributed by atoms with E-state index in [2.05, 4.69) is 15.9 Å². The van der Waals surface area contributed by atoms with Crippen molar-refractivity contribution in [2.75, 3.05) is 9.80 Å². The third kappa shape index (κ3) is 3.39. The van der Waals surface area contributed by atoms with E-state index in [1.54, 1.807) is 42.5 Å². The van der Waals surface area contributed by atoms with Crippen LogP contribution >= 0.6 is 27.5 Å². The summed E-state index contributed by atoms with van der Waals surface area (Å²) >= 11 is 9.75. The van der Waals surface area contributed by atoms with Gasteiger partial charge in [0.15, 0.2) is 5.78 Å². The number of Topliss-reactive ketones (excluding diaryl/α,β-unsaturated/α-hetero) is 1. The van der Waals surface area contributed by atoms with E-state index in [9.17, 15) is 14.4 Å². The second kappa shape index (κ2) is 8.18. The van der Waals surface area contributed by atoms with Gasteiger partial charge in [-0.3, -0.25) is 14.4 Å². The molecule has 0 radical (unpaired) electrons. The van der Waals surface area contributed by atoms with E-state index in [1.165, 1.54) is 4.90 Å². The molecular weight excluding hydrogens is 528 g/mol. The van der Waals surface area contributed by atoms with Gasteiger partial charge in [-0.1, -0.05) is 75.6 Å². The van der Waals surface area contributed by atoms with Crippen LogP contribution in [0, 0.1) is 18.8 Å². The summed E-state index contributed by atoms with van der Waals surface area (Å²) in [7, 11) is 0. The summed E-state index contributed by atoms with van der Waals surface area (Å²) in [6, 6.07) is 18.6. The number of hydrogen-bond acceptors (Lipinski definition) is 4. The molecule has 4 unspecified atom stereocenters. The fourth-order valence-electron chi connectivity index (χ4n) is 5.56. The van der Waals surface area contributed by atoms with Crippen molar-refractivity contribution in [3.63, 3.8) is 0 Å². The molecule has 5 nitrogen and oxygen atoms in total. The van der Waals surface area contributed by atoms with Crippen LogP contribution in [0.4, 0.5) is 11.4 Å². The Balaban J connectivity index is 1.50. The van der Waals surface area contributed by atoms with Gasteiger partial charge in [0, 0.05) is 20.7 Å². The van der Waals surface area contributed by atoms with E-state index in [4.69, 9.17) is 11.6 Å². The lowest BCUT2D eigenvalue weighted by Crippen LogP contribution is -2.48. The molecular formula is C28H20BrClN2O3. The molecule has 3 aliphatic rings. The molecule has 174 valence electrons. The maximum absolute atomic E-state index is 14.0. The number of ketones is 1. The first kappa shape index (κ1) is 22.3. The van der Waals surface area contributed by atoms with Crippen molar-refractivity contribution in [1.82, 2.24) is 0 Å². The number of anilines is 2. The zero-order valence-electron chi connectivity index (χ0n) is 18.7. The highest BCUT2D eigenvalue weighted by molar-refractivity contribution is 9.10. The first-order chi connectivity index (χ1) is 16.8. The van der Waals surface area contributed by atoms with Crippen LogP contribution in [0.1, 0.15) is 21.5 Å². The smallest absolute Gasteiger partial charge is 0.240 e. The summed E-state index contributed by atoms with van der Waals surface area (Å²) in [5.74, 6) is -2.29. The minimum absolute atomic E-state index is 0.192. The van der Waals surface area contributed by atoms with E-state index in [1.807, 2.05) is 48.2 Å². The zero-order chi connectivity index (χ0) is 24.4. The van der Waals surface area contributed by atoms with Gasteiger partial charge in [-0.15, -0.1) is 0 Å². The van der Waals surface area contributed by atoms with Gasteiger partial charge in [0.1, 0.15) is 6.04 Å². The highest BCUT2D eigenvalue weighted by atomic mass is 79.9. The summed E-state index contributed by atoms with van der Waals surface area (Å²) in [4.78, 5) is 44.8. The normalized spacial score (nSPS) is 24.4. The predicted molar refractivity (Wildman–Crippen MR) is 140 cm³/mol. The molecule has 6 rings (SSSR count). The van der Waals surface area contributed by atoms with Crippen LogP contribution in [0.15, 0.2) is 77.3 Å². The van der Waals surface area contributed by atoms with E-state index < -0.39 is 23.9 Å². The first-order valence-corrected chi connectivity index (χ1v) is 12.5. The quantitative estimate of drug-likeness (QED) is 0.313. The van der Waals surface area contributed by atoms with Crippen LogP contribution in [0.2, 0.25) is 5.02 Å². The third-order valence-electron chi connectivity index (χ3n) is 7.16. The Bertz CT molecular complexity index is 1420. The number of amides is 2. The van der Waals surface area contributed by atoms with Crippen molar-refractivity contribution < 1.29 is 14.4 Å². The van der Waals surface area contributed by atoms with Crippen LogP contribution in [-0.4, -0.2) is 29.7 Å². The third-order valence-corrected chi connectivity index (χ3v) is 7.92. The molecule has 3 aliphatic heterocycles. The van der Waals surface area contributed by atoms with Crippen molar-refractivity contribution in [2.45, 2.75) is 19.0 Å². The minimum Gasteiger partial charge on any atom is -0.352 e. The lowest BCUT2D eigenvalue weighted by molar-refractivity contribution is -0.122. The fourth-order valence-corrected chi connectivity index (χ4v) is 6.00. The fraction of sp³-hybridized carbons (Fsp3) is 0.179. The van der Waals surface area contributed by atoms with E-state index >= 15 is 0 Å². The van der Waals surface area contributed by atoms with Crippen molar-refractivity contribution in [3.8, 4) is 0 Å². The monoisotopic (exact) mass is 546 g/mol. The Hall–Kier alpha value is -3.22. The highest BCUT2D eigenvalue weighted by Gasteiger charge is 2.64. The molecule has 2 fully saturated rings. The van der Waals surface area contributed by atoms with Crippen LogP contribution < -0.4 is 9.80 Å². The molecule has 3 heterocycles. The zero-order valence-corrected chi connectivity index (χ0v) is 21.0. The number of carbonyl (C=O) groups excluding carboxylic acids is 3. The number of hydrogen-bond donors (Lipinski definition) is 0. The Morgan fingerprint density at radius 3 is 2.31 bits per heavy atom. The molecule has 0 bridgehead atoms. The van der Waals surface area contributed by atoms with E-state index in [0.29, 0.717) is 16.3 Å². The highest BCUT2D eigenvalue weighted by Crippen LogP contribution is 2.50. The van der Waals surface area contributed by atoms with Gasteiger partial charge in [-0.05, 0) is 48.9 Å². The Morgan fingerprint density at radius 2 is 1.60 bits per heavy atom. The van der Waals surface area contributed by atoms with Crippen molar-refractivity contribution in [3.05, 3.63) is 99.0 Å². The molecule has 7 heteroatoms. The van der Waals surface area contributed by atoms with Crippen molar-refractivity contribution in [1.29, 1.82) is 0 Å². The average molecular weight is 548 g/mol. The summed E-state index contributed by atoms with van der Waals surface area (Å²) in [5.41, 5.74) is 3.72. The Labute approximate surface area is 216 Å². The number of imide groups is 1. The summed E-state index contributed by atoms with van der Waals surface area (Å²) < 4.78 is 0.854. The van der Waals surface area contributed by atoms with Crippen LogP contribution in [0.5, 0.6) is 0 Å². The standard InChI is InChI=1S/C28H20BrClN2O3/c1-15-2-11-20(12-3-15)31-27(34)23-21-13-7-16-6-10-19(30)14-22(16)32(21)25(24(23)28(31)35)26(33)17-4-8-18(29)9-5-17/h2-14,21,23-25H,1H3. The Kier molecular flexibility index (Phi) is 5.20. The maximum atomic E-state index is 14.0. The van der Waals surface area contributed by atoms with E-state index in [-0.39, 0.29) is 17.6 Å². The largest absolute Gasteiger partial charge is 0.352 e. The number of carbonyl (C=O) groups is 3. The van der Waals surface area contributed by atoms with E-state index in [0.717, 1.165) is 21.3 Å². The van der Waals surface area contributed by atoms with Gasteiger partial charge in [0.05, 0.1) is 23.6 Å². The number of fused-ring (bicyclic) bond motifs is 5. The number of halogens is 2. The molecule has 0 aromatic heterocycles. The van der Waals surface area contributed by atoms with Gasteiger partial charge in [-0.25, -0.2) is 4.90 Å². The molecule has 0 aliphatic carbocycles. The maximum Gasteiger partial charge on any atom is 0.240 e. The Morgan fingerprint density at radius 1 is 0.914 bits per heavy atom. The SMILES string of the molecule is Cc1ccc(N2C(=O)C3C(C2=O)C(C(=O)c2ccc(Br)cc2)N2c4cc(Cl)ccc4C=CC32)cc1. The second-order valence-corrected chi connectivity index (χ2v) is 10.5. The lowest BCUT2D eigenvalue weighted by atomic mass is 9.86. The molecule has 2 amide bonds. The van der Waals surface area contributed by atoms with Crippen LogP contribution in [0.25, 0.3) is 6.08 Å². The van der Waals surface area contributed by atoms with Crippen LogP contribution in [-0.2, 0) is 9.59 Å². The average Bonchev–Trinajstić information content (AvgIpc) is 3.33. The van der Waals surface area contributed by atoms with Crippen molar-refractivity contribution in [2.24, 2.45) is 11.8 Å². The second-order valence-electron chi connectivity index (χ2n) is 9.18. The van der Waals surface area contributed by atoms with Crippen LogP contribution in [0.3, 0.4) is 0 Å². The molecule has 0 saturated carbocycles. The lowest BCUT2D eigenvalue weighted by Gasteiger charge is -2.36. The molecule has 3 aromatic carbocycles. The molecule has 0 spiro atoms. The van der Waals surface area contributed by atoms with Gasteiger partial charge >= 0.3 is 0 Å². The minimum atomic E-state index is -0.833. The number of nitrogens with zero attached hydrogens (tertiary/aromatic N) is 2. The number of benzene rings is 3. The van der Waals surface area contributed by atoms with Gasteiger partial charge in [0.25, 0.3) is 0 Å². The van der Waals surface area contributed by atoms with Gasteiger partial charge < -0.3 is 4.90 Å². The molecule has 0 N–H and O–H groups in total. The number of aryl methyl sites for hydroxylation is 1. The summed E-state index contributed by atoms with van der Waals surface area (Å²) in [6.07, 6.45) is 3.88. The number of rotatable bonds is 3.